The average molecular weight is 351 g/mol. The fraction of sp³-hybridized carbons (Fsp3) is 0.375. The minimum absolute atomic E-state index is 0.369. The highest BCUT2D eigenvalue weighted by molar-refractivity contribution is 8.04. The number of aliphatic hydroxyl groups is 1. The van der Waals surface area contributed by atoms with Gasteiger partial charge in [-0.25, -0.2) is 9.78 Å². The van der Waals surface area contributed by atoms with Crippen LogP contribution in [0.5, 0.6) is 0 Å². The number of fused-ring (bicyclic) bond motifs is 1. The van der Waals surface area contributed by atoms with Gasteiger partial charge in [0.2, 0.25) is 0 Å². The van der Waals surface area contributed by atoms with Crippen LogP contribution in [0.15, 0.2) is 41.4 Å². The predicted molar refractivity (Wildman–Crippen MR) is 91.0 cm³/mol. The molecule has 1 heterocycles. The Bertz CT molecular complexity index is 750. The van der Waals surface area contributed by atoms with Crippen LogP contribution in [0.1, 0.15) is 20.8 Å². The number of benzene rings is 1. The SMILES string of the molecule is CC(C)C(P=O)(Sc1ccc2ccccc2n1)C(C)(O)C(=O)O. The highest BCUT2D eigenvalue weighted by atomic mass is 32.2. The molecule has 0 aliphatic heterocycles. The lowest BCUT2D eigenvalue weighted by Crippen LogP contribution is -2.54. The number of pyridine rings is 1. The van der Waals surface area contributed by atoms with Crippen molar-refractivity contribution in [1.29, 1.82) is 0 Å². The lowest BCUT2D eigenvalue weighted by Gasteiger charge is -2.39. The van der Waals surface area contributed by atoms with E-state index in [0.29, 0.717) is 5.03 Å². The first-order chi connectivity index (χ1) is 10.7. The van der Waals surface area contributed by atoms with Crippen molar-refractivity contribution in [1.82, 2.24) is 4.98 Å². The van der Waals surface area contributed by atoms with Gasteiger partial charge in [0.1, 0.15) is 4.49 Å². The van der Waals surface area contributed by atoms with E-state index < -0.39 is 24.5 Å². The van der Waals surface area contributed by atoms with Gasteiger partial charge in [-0.05, 0) is 25.0 Å². The van der Waals surface area contributed by atoms with Gasteiger partial charge >= 0.3 is 5.97 Å². The molecule has 2 rings (SSSR count). The van der Waals surface area contributed by atoms with E-state index in [4.69, 9.17) is 0 Å². The van der Waals surface area contributed by atoms with Crippen LogP contribution in [0.3, 0.4) is 0 Å². The molecule has 122 valence electrons. The normalized spacial score (nSPS) is 17.1. The number of thioether (sulfide) groups is 1. The van der Waals surface area contributed by atoms with E-state index >= 15 is 0 Å². The van der Waals surface area contributed by atoms with E-state index in [1.54, 1.807) is 19.9 Å². The average Bonchev–Trinajstić information content (AvgIpc) is 2.51. The Hall–Kier alpha value is -1.49. The molecule has 2 atom stereocenters. The van der Waals surface area contributed by atoms with E-state index in [-0.39, 0.29) is 5.92 Å². The zero-order chi connectivity index (χ0) is 17.3. The molecule has 1 aromatic heterocycles. The maximum atomic E-state index is 11.9. The minimum atomic E-state index is -2.18. The number of nitrogens with zero attached hydrogens (tertiary/aromatic N) is 1. The Kier molecular flexibility index (Phi) is 5.09. The van der Waals surface area contributed by atoms with Gasteiger partial charge in [-0.3, -0.25) is 4.57 Å². The summed E-state index contributed by atoms with van der Waals surface area (Å²) in [4.78, 5) is 16.0. The second-order valence-electron chi connectivity index (χ2n) is 5.76. The van der Waals surface area contributed by atoms with Crippen LogP contribution in [-0.4, -0.2) is 31.3 Å². The summed E-state index contributed by atoms with van der Waals surface area (Å²) in [5.41, 5.74) is -1.42. The summed E-state index contributed by atoms with van der Waals surface area (Å²) in [7, 11) is -0.454. The number of carboxylic acids is 1. The third-order valence-corrected chi connectivity index (χ3v) is 7.20. The van der Waals surface area contributed by atoms with Crippen molar-refractivity contribution in [3.05, 3.63) is 36.4 Å². The molecular formula is C16H18NO4PS. The quantitative estimate of drug-likeness (QED) is 0.608. The molecule has 7 heteroatoms. The van der Waals surface area contributed by atoms with Gasteiger partial charge < -0.3 is 10.2 Å². The number of aliphatic carboxylic acids is 1. The van der Waals surface area contributed by atoms with Gasteiger partial charge in [0.25, 0.3) is 0 Å². The number of hydrogen-bond acceptors (Lipinski definition) is 5. The van der Waals surface area contributed by atoms with Crippen molar-refractivity contribution in [2.75, 3.05) is 0 Å². The zero-order valence-electron chi connectivity index (χ0n) is 13.1. The van der Waals surface area contributed by atoms with Crippen molar-refractivity contribution in [2.24, 2.45) is 5.92 Å². The summed E-state index contributed by atoms with van der Waals surface area (Å²) in [5, 5.41) is 21.3. The number of carbonyl (C=O) groups is 1. The number of aromatic nitrogens is 1. The number of hydrogen-bond donors (Lipinski definition) is 2. The van der Waals surface area contributed by atoms with Crippen molar-refractivity contribution < 1.29 is 19.6 Å². The molecule has 0 fully saturated rings. The van der Waals surface area contributed by atoms with Crippen LogP contribution in [0, 0.1) is 5.92 Å². The second-order valence-corrected chi connectivity index (χ2v) is 8.22. The molecule has 0 saturated heterocycles. The largest absolute Gasteiger partial charge is 0.479 e. The Labute approximate surface area is 140 Å². The summed E-state index contributed by atoms with van der Waals surface area (Å²) in [5.74, 6) is -1.78. The Balaban J connectivity index is 2.52. The van der Waals surface area contributed by atoms with E-state index in [9.17, 15) is 19.6 Å². The van der Waals surface area contributed by atoms with Gasteiger partial charge in [-0.15, -0.1) is 0 Å². The Morgan fingerprint density at radius 2 is 1.91 bits per heavy atom. The molecular weight excluding hydrogens is 333 g/mol. The molecule has 2 N–H and O–H groups in total. The van der Waals surface area contributed by atoms with Gasteiger partial charge in [0, 0.05) is 5.39 Å². The Morgan fingerprint density at radius 3 is 2.48 bits per heavy atom. The summed E-state index contributed by atoms with van der Waals surface area (Å²) < 4.78 is 10.5. The number of para-hydroxylation sites is 1. The van der Waals surface area contributed by atoms with Crippen LogP contribution >= 0.6 is 20.2 Å². The van der Waals surface area contributed by atoms with E-state index in [0.717, 1.165) is 22.7 Å². The topological polar surface area (TPSA) is 87.5 Å². The molecule has 2 unspecified atom stereocenters. The van der Waals surface area contributed by atoms with Gasteiger partial charge in [-0.1, -0.05) is 49.9 Å². The molecule has 5 nitrogen and oxygen atoms in total. The van der Waals surface area contributed by atoms with Gasteiger partial charge in [0.05, 0.1) is 10.5 Å². The molecule has 0 aliphatic carbocycles. The van der Waals surface area contributed by atoms with E-state index in [1.165, 1.54) is 6.92 Å². The van der Waals surface area contributed by atoms with Crippen LogP contribution in [0.25, 0.3) is 10.9 Å². The van der Waals surface area contributed by atoms with Crippen LogP contribution < -0.4 is 0 Å². The molecule has 0 saturated carbocycles. The number of carboxylic acid groups (broad SMARTS) is 1. The van der Waals surface area contributed by atoms with Crippen LogP contribution in [-0.2, 0) is 9.36 Å². The molecule has 0 amide bonds. The van der Waals surface area contributed by atoms with Crippen molar-refractivity contribution in [3.8, 4) is 0 Å². The fourth-order valence-electron chi connectivity index (χ4n) is 2.41. The molecule has 2 aromatic rings. The van der Waals surface area contributed by atoms with Gasteiger partial charge in [-0.2, -0.15) is 0 Å². The molecule has 0 radical (unpaired) electrons. The molecule has 1 aromatic carbocycles. The standard InChI is InChI=1S/C16H18NO4PS/c1-10(2)16(22-21,15(3,20)14(18)19)23-13-9-8-11-6-4-5-7-12(11)17-13/h4-10,20H,1-3H3,(H,18,19). The molecule has 0 aliphatic rings. The van der Waals surface area contributed by atoms with Crippen molar-refractivity contribution >= 4 is 37.1 Å². The molecule has 23 heavy (non-hydrogen) atoms. The van der Waals surface area contributed by atoms with E-state index in [1.807, 2.05) is 30.3 Å². The van der Waals surface area contributed by atoms with Crippen LogP contribution in [0.2, 0.25) is 0 Å². The third-order valence-electron chi connectivity index (χ3n) is 3.87. The highest BCUT2D eigenvalue weighted by Gasteiger charge is 2.57. The maximum Gasteiger partial charge on any atom is 0.337 e. The lowest BCUT2D eigenvalue weighted by atomic mass is 9.92. The summed E-state index contributed by atoms with van der Waals surface area (Å²) in [6, 6.07) is 11.1. The molecule has 0 spiro atoms. The number of rotatable bonds is 6. The Morgan fingerprint density at radius 1 is 1.26 bits per heavy atom. The highest BCUT2D eigenvalue weighted by Crippen LogP contribution is 2.53. The van der Waals surface area contributed by atoms with Crippen molar-refractivity contribution in [2.45, 2.75) is 35.9 Å². The molecule has 0 bridgehead atoms. The maximum absolute atomic E-state index is 11.9. The second kappa shape index (κ2) is 6.56. The third kappa shape index (κ3) is 3.11. The van der Waals surface area contributed by atoms with Crippen molar-refractivity contribution in [3.63, 3.8) is 0 Å². The van der Waals surface area contributed by atoms with E-state index in [2.05, 4.69) is 4.98 Å². The van der Waals surface area contributed by atoms with Gasteiger partial charge in [0.15, 0.2) is 14.1 Å². The lowest BCUT2D eigenvalue weighted by molar-refractivity contribution is -0.158. The zero-order valence-corrected chi connectivity index (χ0v) is 14.8. The first-order valence-corrected chi connectivity index (χ1v) is 8.72. The first-order valence-electron chi connectivity index (χ1n) is 7.09. The fourth-order valence-corrected chi connectivity index (χ4v) is 4.44. The summed E-state index contributed by atoms with van der Waals surface area (Å²) >= 11 is 1.03. The monoisotopic (exact) mass is 351 g/mol. The minimum Gasteiger partial charge on any atom is -0.479 e. The van der Waals surface area contributed by atoms with Crippen LogP contribution in [0.4, 0.5) is 0 Å². The summed E-state index contributed by atoms with van der Waals surface area (Å²) in [6.07, 6.45) is 0. The smallest absolute Gasteiger partial charge is 0.337 e. The predicted octanol–water partition coefficient (Wildman–Crippen LogP) is 3.81. The summed E-state index contributed by atoms with van der Waals surface area (Å²) in [6.45, 7) is 4.64. The first kappa shape index (κ1) is 17.9.